The first kappa shape index (κ1) is 13.6. The van der Waals surface area contributed by atoms with Gasteiger partial charge in [0.2, 0.25) is 0 Å². The lowest BCUT2D eigenvalue weighted by Crippen LogP contribution is -2.02. The summed E-state index contributed by atoms with van der Waals surface area (Å²) in [6.07, 6.45) is 0.781. The van der Waals surface area contributed by atoms with Gasteiger partial charge in [-0.3, -0.25) is 0 Å². The summed E-state index contributed by atoms with van der Waals surface area (Å²) < 4.78 is 27.9. The molecule has 0 aliphatic rings. The summed E-state index contributed by atoms with van der Waals surface area (Å²) in [4.78, 5) is -0.0850. The number of hydrogen-bond acceptors (Lipinski definition) is 3. The van der Waals surface area contributed by atoms with Gasteiger partial charge in [0.1, 0.15) is 10.6 Å². The number of halogens is 2. The molecule has 0 spiro atoms. The topological polar surface area (TPSA) is 43.4 Å². The molecule has 3 nitrogen and oxygen atoms in total. The molecular formula is C10H12Cl2O3S. The van der Waals surface area contributed by atoms with Gasteiger partial charge in [-0.1, -0.05) is 18.5 Å². The molecule has 0 aliphatic heterocycles. The fraction of sp³-hybridized carbons (Fsp3) is 0.400. The van der Waals surface area contributed by atoms with E-state index in [0.29, 0.717) is 11.6 Å². The molecule has 90 valence electrons. The highest BCUT2D eigenvalue weighted by molar-refractivity contribution is 8.13. The van der Waals surface area contributed by atoms with Crippen molar-refractivity contribution in [3.63, 3.8) is 0 Å². The van der Waals surface area contributed by atoms with E-state index >= 15 is 0 Å². The van der Waals surface area contributed by atoms with Crippen LogP contribution in [0.3, 0.4) is 0 Å². The summed E-state index contributed by atoms with van der Waals surface area (Å²) in [7, 11) is 1.46. The third-order valence-corrected chi connectivity index (χ3v) is 3.70. The first-order valence-corrected chi connectivity index (χ1v) is 7.42. The van der Waals surface area contributed by atoms with Gasteiger partial charge in [0, 0.05) is 15.7 Å². The Morgan fingerprint density at radius 3 is 2.50 bits per heavy atom. The average molecular weight is 283 g/mol. The Kier molecular flexibility index (Phi) is 4.47. The van der Waals surface area contributed by atoms with Crippen molar-refractivity contribution in [2.75, 3.05) is 6.61 Å². The molecule has 0 bridgehead atoms. The molecule has 0 N–H and O–H groups in total. The van der Waals surface area contributed by atoms with Crippen LogP contribution in [-0.2, 0) is 9.05 Å². The fourth-order valence-corrected chi connectivity index (χ4v) is 2.36. The number of benzene rings is 1. The van der Waals surface area contributed by atoms with Crippen molar-refractivity contribution in [2.24, 2.45) is 0 Å². The maximum atomic E-state index is 11.3. The molecular weight excluding hydrogens is 271 g/mol. The van der Waals surface area contributed by atoms with Crippen LogP contribution in [0.4, 0.5) is 0 Å². The minimum absolute atomic E-state index is 0.0850. The maximum Gasteiger partial charge on any atom is 0.265 e. The van der Waals surface area contributed by atoms with Crippen LogP contribution in [-0.4, -0.2) is 15.0 Å². The molecule has 0 heterocycles. The van der Waals surface area contributed by atoms with Gasteiger partial charge in [-0.25, -0.2) is 8.42 Å². The second-order valence-electron chi connectivity index (χ2n) is 3.33. The molecule has 0 atom stereocenters. The van der Waals surface area contributed by atoms with Crippen LogP contribution in [0, 0.1) is 6.92 Å². The average Bonchev–Trinajstić information content (AvgIpc) is 2.17. The van der Waals surface area contributed by atoms with E-state index in [1.165, 1.54) is 6.07 Å². The van der Waals surface area contributed by atoms with Crippen molar-refractivity contribution in [3.05, 3.63) is 22.7 Å². The standard InChI is InChI=1S/C10H12Cl2O3S/c1-3-4-15-9-5-7(2)8(11)6-10(9)16(12,13)14/h5-6H,3-4H2,1-2H3. The molecule has 16 heavy (non-hydrogen) atoms. The smallest absolute Gasteiger partial charge is 0.265 e. The molecule has 0 unspecified atom stereocenters. The molecule has 0 saturated carbocycles. The molecule has 0 aliphatic carbocycles. The molecule has 6 heteroatoms. The minimum Gasteiger partial charge on any atom is -0.492 e. The van der Waals surface area contributed by atoms with Crippen molar-refractivity contribution < 1.29 is 13.2 Å². The highest BCUT2D eigenvalue weighted by Gasteiger charge is 2.18. The van der Waals surface area contributed by atoms with Gasteiger partial charge in [0.05, 0.1) is 6.61 Å². The van der Waals surface area contributed by atoms with E-state index in [4.69, 9.17) is 27.0 Å². The minimum atomic E-state index is -3.84. The van der Waals surface area contributed by atoms with Crippen LogP contribution >= 0.6 is 22.3 Å². The summed E-state index contributed by atoms with van der Waals surface area (Å²) in [5, 5.41) is 0.350. The Bertz CT molecular complexity index is 483. The van der Waals surface area contributed by atoms with E-state index in [1.807, 2.05) is 6.92 Å². The second kappa shape index (κ2) is 5.25. The second-order valence-corrected chi connectivity index (χ2v) is 6.28. The third kappa shape index (κ3) is 3.27. The van der Waals surface area contributed by atoms with Crippen molar-refractivity contribution in [3.8, 4) is 5.75 Å². The van der Waals surface area contributed by atoms with E-state index in [9.17, 15) is 8.42 Å². The first-order chi connectivity index (χ1) is 7.36. The molecule has 0 saturated heterocycles. The van der Waals surface area contributed by atoms with Gasteiger partial charge in [0.15, 0.2) is 0 Å². The predicted octanol–water partition coefficient (Wildman–Crippen LogP) is 3.36. The Balaban J connectivity index is 3.28. The van der Waals surface area contributed by atoms with E-state index in [0.717, 1.165) is 12.0 Å². The van der Waals surface area contributed by atoms with E-state index in [-0.39, 0.29) is 10.6 Å². The largest absolute Gasteiger partial charge is 0.492 e. The van der Waals surface area contributed by atoms with Gasteiger partial charge in [-0.15, -0.1) is 0 Å². The predicted molar refractivity (Wildman–Crippen MR) is 65.0 cm³/mol. The Morgan fingerprint density at radius 1 is 1.38 bits per heavy atom. The zero-order chi connectivity index (χ0) is 12.3. The summed E-state index contributed by atoms with van der Waals surface area (Å²) in [6.45, 7) is 4.13. The number of rotatable bonds is 4. The van der Waals surface area contributed by atoms with Crippen LogP contribution < -0.4 is 4.74 Å². The Labute approximate surface area is 105 Å². The summed E-state index contributed by atoms with van der Waals surface area (Å²) >= 11 is 5.85. The monoisotopic (exact) mass is 282 g/mol. The Hall–Kier alpha value is -0.450. The van der Waals surface area contributed by atoms with Crippen molar-refractivity contribution in [1.82, 2.24) is 0 Å². The lowest BCUT2D eigenvalue weighted by molar-refractivity contribution is 0.309. The summed E-state index contributed by atoms with van der Waals surface area (Å²) in [5.74, 6) is 0.249. The van der Waals surface area contributed by atoms with Crippen LogP contribution in [0.25, 0.3) is 0 Å². The zero-order valence-electron chi connectivity index (χ0n) is 8.96. The number of aryl methyl sites for hydroxylation is 1. The van der Waals surface area contributed by atoms with Crippen molar-refractivity contribution in [1.29, 1.82) is 0 Å². The fourth-order valence-electron chi connectivity index (χ4n) is 1.15. The lowest BCUT2D eigenvalue weighted by Gasteiger charge is -2.10. The normalized spacial score (nSPS) is 11.5. The molecule has 0 amide bonds. The molecule has 0 aromatic heterocycles. The van der Waals surface area contributed by atoms with E-state index < -0.39 is 9.05 Å². The highest BCUT2D eigenvalue weighted by Crippen LogP contribution is 2.32. The molecule has 1 rings (SSSR count). The Morgan fingerprint density at radius 2 is 2.00 bits per heavy atom. The van der Waals surface area contributed by atoms with Crippen molar-refractivity contribution in [2.45, 2.75) is 25.2 Å². The lowest BCUT2D eigenvalue weighted by atomic mass is 10.2. The summed E-state index contributed by atoms with van der Waals surface area (Å²) in [6, 6.07) is 2.89. The highest BCUT2D eigenvalue weighted by atomic mass is 35.7. The quantitative estimate of drug-likeness (QED) is 0.796. The van der Waals surface area contributed by atoms with Crippen LogP contribution in [0.5, 0.6) is 5.75 Å². The molecule has 1 aromatic rings. The molecule has 1 aromatic carbocycles. The third-order valence-electron chi connectivity index (χ3n) is 1.95. The number of ether oxygens (including phenoxy) is 1. The first-order valence-electron chi connectivity index (χ1n) is 4.74. The van der Waals surface area contributed by atoms with Crippen LogP contribution in [0.2, 0.25) is 5.02 Å². The van der Waals surface area contributed by atoms with Gasteiger partial charge in [0.25, 0.3) is 9.05 Å². The SMILES string of the molecule is CCCOc1cc(C)c(Cl)cc1S(=O)(=O)Cl. The van der Waals surface area contributed by atoms with Gasteiger partial charge < -0.3 is 4.74 Å². The summed E-state index contributed by atoms with van der Waals surface area (Å²) in [5.41, 5.74) is 0.747. The van der Waals surface area contributed by atoms with E-state index in [2.05, 4.69) is 0 Å². The van der Waals surface area contributed by atoms with Crippen LogP contribution in [0.1, 0.15) is 18.9 Å². The molecule has 0 fully saturated rings. The maximum absolute atomic E-state index is 11.3. The van der Waals surface area contributed by atoms with Gasteiger partial charge in [-0.2, -0.15) is 0 Å². The van der Waals surface area contributed by atoms with Gasteiger partial charge in [-0.05, 0) is 31.0 Å². The zero-order valence-corrected chi connectivity index (χ0v) is 11.3. The van der Waals surface area contributed by atoms with Crippen LogP contribution in [0.15, 0.2) is 17.0 Å². The van der Waals surface area contributed by atoms with Gasteiger partial charge >= 0.3 is 0 Å². The van der Waals surface area contributed by atoms with Crippen molar-refractivity contribution >= 4 is 31.3 Å². The number of hydrogen-bond donors (Lipinski definition) is 0. The molecule has 0 radical (unpaired) electrons. The van der Waals surface area contributed by atoms with E-state index in [1.54, 1.807) is 13.0 Å².